The number of rotatable bonds is 0. The third kappa shape index (κ3) is 1.63. The number of Topliss-reactive ketones (excluding diaryl/α,β-unsaturated/α-hetero) is 1. The molecule has 4 rings (SSSR count). The number of benzene rings is 2. The molecule has 2 heterocycles. The average Bonchev–Trinajstić information content (AvgIpc) is 2.98. The van der Waals surface area contributed by atoms with Gasteiger partial charge in [-0.15, -0.1) is 0 Å². The van der Waals surface area contributed by atoms with Crippen LogP contribution in [-0.2, 0) is 4.79 Å². The number of hydrogen-bond acceptors (Lipinski definition) is 3. The Morgan fingerprint density at radius 2 is 1.62 bits per heavy atom. The van der Waals surface area contributed by atoms with Gasteiger partial charge in [-0.2, -0.15) is 0 Å². The third-order valence-electron chi connectivity index (χ3n) is 3.66. The fourth-order valence-corrected chi connectivity index (χ4v) is 2.92. The lowest BCUT2D eigenvalue weighted by Crippen LogP contribution is -2.11. The SMILES string of the molecule is O=C1Nc2c(Cl)cccc2/C1=C1/Nc2ccccc2C1=O. The van der Waals surface area contributed by atoms with Crippen molar-refractivity contribution in [3.05, 3.63) is 64.3 Å². The lowest BCUT2D eigenvalue weighted by atomic mass is 10.0. The molecule has 2 aromatic rings. The maximum Gasteiger partial charge on any atom is 0.258 e. The quantitative estimate of drug-likeness (QED) is 0.733. The van der Waals surface area contributed by atoms with Gasteiger partial charge < -0.3 is 10.6 Å². The summed E-state index contributed by atoms with van der Waals surface area (Å²) in [5.74, 6) is -0.495. The van der Waals surface area contributed by atoms with Crippen molar-refractivity contribution in [2.45, 2.75) is 0 Å². The monoisotopic (exact) mass is 296 g/mol. The van der Waals surface area contributed by atoms with Crippen LogP contribution in [0.1, 0.15) is 15.9 Å². The Hall–Kier alpha value is -2.59. The molecule has 2 aliphatic heterocycles. The van der Waals surface area contributed by atoms with E-state index in [1.54, 1.807) is 30.3 Å². The highest BCUT2D eigenvalue weighted by Crippen LogP contribution is 2.41. The van der Waals surface area contributed by atoms with E-state index in [1.165, 1.54) is 0 Å². The zero-order chi connectivity index (χ0) is 14.6. The van der Waals surface area contributed by atoms with Crippen molar-refractivity contribution in [1.82, 2.24) is 0 Å². The first-order valence-corrected chi connectivity index (χ1v) is 6.80. The minimum absolute atomic E-state index is 0.177. The molecule has 2 aliphatic rings. The highest BCUT2D eigenvalue weighted by Gasteiger charge is 2.35. The Bertz CT molecular complexity index is 855. The molecule has 0 saturated carbocycles. The summed E-state index contributed by atoms with van der Waals surface area (Å²) in [7, 11) is 0. The van der Waals surface area contributed by atoms with Crippen LogP contribution < -0.4 is 10.6 Å². The molecule has 102 valence electrons. The largest absolute Gasteiger partial charge is 0.351 e. The Morgan fingerprint density at radius 3 is 2.43 bits per heavy atom. The van der Waals surface area contributed by atoms with E-state index in [1.807, 2.05) is 12.1 Å². The van der Waals surface area contributed by atoms with Crippen LogP contribution in [0.25, 0.3) is 5.57 Å². The Kier molecular flexibility index (Phi) is 2.43. The average molecular weight is 297 g/mol. The van der Waals surface area contributed by atoms with Crippen molar-refractivity contribution >= 4 is 40.2 Å². The number of para-hydroxylation sites is 2. The summed E-state index contributed by atoms with van der Waals surface area (Å²) in [6.07, 6.45) is 0. The number of hydrogen-bond donors (Lipinski definition) is 2. The van der Waals surface area contributed by atoms with Gasteiger partial charge in [0.25, 0.3) is 5.91 Å². The highest BCUT2D eigenvalue weighted by atomic mass is 35.5. The smallest absolute Gasteiger partial charge is 0.258 e. The van der Waals surface area contributed by atoms with Crippen molar-refractivity contribution in [3.63, 3.8) is 0 Å². The van der Waals surface area contributed by atoms with Gasteiger partial charge in [0.2, 0.25) is 5.78 Å². The molecule has 21 heavy (non-hydrogen) atoms. The number of allylic oxidation sites excluding steroid dienone is 1. The standard InChI is InChI=1S/C16H9ClN2O2/c17-10-6-3-5-9-12(16(21)19-13(9)10)14-15(20)8-4-1-2-7-11(8)18-14/h1-7,18H,(H,19,21)/b14-12-. The topological polar surface area (TPSA) is 58.2 Å². The molecule has 0 aliphatic carbocycles. The lowest BCUT2D eigenvalue weighted by Gasteiger charge is -2.03. The van der Waals surface area contributed by atoms with Gasteiger partial charge in [-0.25, -0.2) is 0 Å². The van der Waals surface area contributed by atoms with Crippen molar-refractivity contribution in [2.75, 3.05) is 10.6 Å². The summed E-state index contributed by atoms with van der Waals surface area (Å²) in [5.41, 5.74) is 3.13. The second kappa shape index (κ2) is 4.20. The lowest BCUT2D eigenvalue weighted by molar-refractivity contribution is -0.110. The van der Waals surface area contributed by atoms with Crippen LogP contribution in [0.3, 0.4) is 0 Å². The Balaban J connectivity index is 1.95. The van der Waals surface area contributed by atoms with E-state index in [9.17, 15) is 9.59 Å². The van der Waals surface area contributed by atoms with E-state index in [-0.39, 0.29) is 11.7 Å². The molecule has 0 aromatic heterocycles. The molecule has 0 radical (unpaired) electrons. The summed E-state index contributed by atoms with van der Waals surface area (Å²) in [5, 5.41) is 6.22. The number of anilines is 2. The number of carbonyl (C=O) groups is 2. The van der Waals surface area contributed by atoms with Gasteiger partial charge in [-0.05, 0) is 18.2 Å². The fourth-order valence-electron chi connectivity index (χ4n) is 2.70. The molecule has 0 fully saturated rings. The zero-order valence-corrected chi connectivity index (χ0v) is 11.5. The molecule has 0 saturated heterocycles. The minimum Gasteiger partial charge on any atom is -0.351 e. The Morgan fingerprint density at radius 1 is 0.857 bits per heavy atom. The molecule has 2 aromatic carbocycles. The summed E-state index contributed by atoms with van der Waals surface area (Å²) in [6, 6.07) is 12.4. The van der Waals surface area contributed by atoms with Crippen LogP contribution in [0.4, 0.5) is 11.4 Å². The van der Waals surface area contributed by atoms with Crippen LogP contribution in [0.2, 0.25) is 5.02 Å². The second-order valence-corrected chi connectivity index (χ2v) is 5.27. The molecule has 2 N–H and O–H groups in total. The van der Waals surface area contributed by atoms with Gasteiger partial charge in [0.1, 0.15) is 5.70 Å². The van der Waals surface area contributed by atoms with Crippen LogP contribution in [0, 0.1) is 0 Å². The predicted molar refractivity (Wildman–Crippen MR) is 81.4 cm³/mol. The van der Waals surface area contributed by atoms with Gasteiger partial charge >= 0.3 is 0 Å². The number of ketones is 1. The number of nitrogens with one attached hydrogen (secondary N) is 2. The molecule has 0 bridgehead atoms. The van der Waals surface area contributed by atoms with Crippen molar-refractivity contribution in [2.24, 2.45) is 0 Å². The number of fused-ring (bicyclic) bond motifs is 2. The molecular weight excluding hydrogens is 288 g/mol. The minimum atomic E-state index is -0.318. The van der Waals surface area contributed by atoms with Crippen molar-refractivity contribution in [1.29, 1.82) is 0 Å². The van der Waals surface area contributed by atoms with Crippen LogP contribution in [0.15, 0.2) is 48.2 Å². The number of amides is 1. The fraction of sp³-hybridized carbons (Fsp3) is 0. The second-order valence-electron chi connectivity index (χ2n) is 4.87. The maximum absolute atomic E-state index is 12.5. The molecule has 5 heteroatoms. The zero-order valence-electron chi connectivity index (χ0n) is 10.7. The number of halogens is 1. The summed E-state index contributed by atoms with van der Waals surface area (Å²) in [6.45, 7) is 0. The van der Waals surface area contributed by atoms with E-state index < -0.39 is 0 Å². The summed E-state index contributed by atoms with van der Waals surface area (Å²) < 4.78 is 0. The Labute approximate surface area is 125 Å². The van der Waals surface area contributed by atoms with Gasteiger partial charge in [0.05, 0.1) is 16.3 Å². The molecule has 0 spiro atoms. The van der Waals surface area contributed by atoms with Crippen LogP contribution in [-0.4, -0.2) is 11.7 Å². The summed E-state index contributed by atoms with van der Waals surface area (Å²) >= 11 is 6.09. The molecule has 1 amide bonds. The van der Waals surface area contributed by atoms with E-state index >= 15 is 0 Å². The molecule has 0 atom stereocenters. The predicted octanol–water partition coefficient (Wildman–Crippen LogP) is 3.31. The first-order chi connectivity index (χ1) is 10.2. The number of carbonyl (C=O) groups excluding carboxylic acids is 2. The van der Waals surface area contributed by atoms with Gasteiger partial charge in [-0.3, -0.25) is 9.59 Å². The molecule has 4 nitrogen and oxygen atoms in total. The van der Waals surface area contributed by atoms with Crippen molar-refractivity contribution in [3.8, 4) is 0 Å². The maximum atomic E-state index is 12.5. The summed E-state index contributed by atoms with van der Waals surface area (Å²) in [4.78, 5) is 24.7. The van der Waals surface area contributed by atoms with E-state index in [2.05, 4.69) is 10.6 Å². The first kappa shape index (κ1) is 12.2. The van der Waals surface area contributed by atoms with Crippen LogP contribution in [0.5, 0.6) is 0 Å². The first-order valence-electron chi connectivity index (χ1n) is 6.42. The molecular formula is C16H9ClN2O2. The van der Waals surface area contributed by atoms with Crippen LogP contribution >= 0.6 is 11.6 Å². The van der Waals surface area contributed by atoms with Gasteiger partial charge in [-0.1, -0.05) is 35.9 Å². The highest BCUT2D eigenvalue weighted by molar-refractivity contribution is 6.42. The normalized spacial score (nSPS) is 19.1. The van der Waals surface area contributed by atoms with Crippen molar-refractivity contribution < 1.29 is 9.59 Å². The van der Waals surface area contributed by atoms with Gasteiger partial charge in [0.15, 0.2) is 0 Å². The van der Waals surface area contributed by atoms with Gasteiger partial charge in [0, 0.05) is 16.8 Å². The van der Waals surface area contributed by atoms with E-state index in [0.29, 0.717) is 38.8 Å². The third-order valence-corrected chi connectivity index (χ3v) is 3.97. The van der Waals surface area contributed by atoms with E-state index in [4.69, 9.17) is 11.6 Å². The molecule has 0 unspecified atom stereocenters. The van der Waals surface area contributed by atoms with E-state index in [0.717, 1.165) is 0 Å².